The van der Waals surface area contributed by atoms with Crippen molar-refractivity contribution in [2.24, 2.45) is 5.41 Å². The van der Waals surface area contributed by atoms with E-state index >= 15 is 0 Å². The van der Waals surface area contributed by atoms with Crippen molar-refractivity contribution in [3.63, 3.8) is 0 Å². The normalized spacial score (nSPS) is 16.8. The highest BCUT2D eigenvalue weighted by Crippen LogP contribution is 2.36. The number of aliphatic hydroxyl groups is 1. The second-order valence-electron chi connectivity index (χ2n) is 8.04. The van der Waals surface area contributed by atoms with Gasteiger partial charge in [-0.05, 0) is 37.7 Å². The third-order valence-corrected chi connectivity index (χ3v) is 5.28. The molecular formula is C21H28N2O3. The molecule has 1 heterocycles. The number of amides is 1. The number of aliphatic hydroxyl groups excluding tert-OH is 1. The van der Waals surface area contributed by atoms with Crippen molar-refractivity contribution in [1.82, 2.24) is 10.1 Å². The van der Waals surface area contributed by atoms with Crippen LogP contribution in [0.1, 0.15) is 66.2 Å². The summed E-state index contributed by atoms with van der Waals surface area (Å²) >= 11 is 0. The molecule has 1 aromatic carbocycles. The fourth-order valence-electron chi connectivity index (χ4n) is 3.52. The van der Waals surface area contributed by atoms with Gasteiger partial charge in [0.05, 0.1) is 12.6 Å². The lowest BCUT2D eigenvalue weighted by atomic mass is 9.76. The smallest absolute Gasteiger partial charge is 0.276 e. The number of likely N-dealkylation sites (N-methyl/N-ethyl adjacent to an activating group) is 1. The average Bonchev–Trinajstić information content (AvgIpc) is 3.01. The molecule has 0 saturated carbocycles. The maximum Gasteiger partial charge on any atom is 0.276 e. The molecule has 2 aromatic rings. The van der Waals surface area contributed by atoms with Gasteiger partial charge >= 0.3 is 0 Å². The van der Waals surface area contributed by atoms with Crippen molar-refractivity contribution in [2.45, 2.75) is 53.1 Å². The summed E-state index contributed by atoms with van der Waals surface area (Å²) in [6, 6.07) is 7.73. The van der Waals surface area contributed by atoms with E-state index < -0.39 is 6.10 Å². The lowest BCUT2D eigenvalue weighted by molar-refractivity contribution is 0.0624. The first kappa shape index (κ1) is 18.6. The second-order valence-corrected chi connectivity index (χ2v) is 8.04. The molecule has 1 atom stereocenters. The summed E-state index contributed by atoms with van der Waals surface area (Å²) in [5, 5.41) is 14.6. The molecule has 1 amide bonds. The topological polar surface area (TPSA) is 66.6 Å². The Morgan fingerprint density at radius 3 is 2.69 bits per heavy atom. The number of carbonyl (C=O) groups excluding carboxylic acids is 1. The molecule has 1 unspecified atom stereocenters. The number of hydrogen-bond acceptors (Lipinski definition) is 4. The van der Waals surface area contributed by atoms with Crippen molar-refractivity contribution >= 4 is 5.91 Å². The Morgan fingerprint density at radius 2 is 2.04 bits per heavy atom. The van der Waals surface area contributed by atoms with E-state index in [-0.39, 0.29) is 17.9 Å². The number of benzene rings is 1. The molecule has 0 radical (unpaired) electrons. The third kappa shape index (κ3) is 3.83. The predicted octanol–water partition coefficient (Wildman–Crippen LogP) is 3.69. The first-order valence-electron chi connectivity index (χ1n) is 9.32. The average molecular weight is 356 g/mol. The molecule has 1 aliphatic carbocycles. The van der Waals surface area contributed by atoms with Gasteiger partial charge in [-0.1, -0.05) is 48.8 Å². The number of nitrogens with zero attached hydrogens (tertiary/aromatic N) is 2. The Bertz CT molecular complexity index is 777. The Hall–Kier alpha value is -2.14. The van der Waals surface area contributed by atoms with E-state index in [0.29, 0.717) is 12.2 Å². The molecule has 3 rings (SSSR count). The van der Waals surface area contributed by atoms with Gasteiger partial charge in [-0.15, -0.1) is 0 Å². The quantitative estimate of drug-likeness (QED) is 0.887. The van der Waals surface area contributed by atoms with Crippen molar-refractivity contribution in [2.75, 3.05) is 13.1 Å². The molecule has 0 saturated heterocycles. The molecule has 5 heteroatoms. The fraction of sp³-hybridized carbons (Fsp3) is 0.524. The van der Waals surface area contributed by atoms with E-state index in [1.54, 1.807) is 4.90 Å². The number of carbonyl (C=O) groups is 1. The van der Waals surface area contributed by atoms with Crippen LogP contribution in [0.2, 0.25) is 0 Å². The van der Waals surface area contributed by atoms with Crippen molar-refractivity contribution in [3.8, 4) is 0 Å². The Kier molecular flexibility index (Phi) is 5.19. The number of aryl methyl sites for hydroxylation is 2. The van der Waals surface area contributed by atoms with Crippen LogP contribution in [0.4, 0.5) is 0 Å². The Balaban J connectivity index is 1.78. The molecule has 0 fully saturated rings. The number of fused-ring (bicyclic) bond motifs is 1. The summed E-state index contributed by atoms with van der Waals surface area (Å²) in [7, 11) is 0. The molecule has 0 bridgehead atoms. The van der Waals surface area contributed by atoms with Gasteiger partial charge in [0.2, 0.25) is 0 Å². The standard InChI is InChI=1S/C21H28N2O3/c1-5-23(13-17(24)15-8-6-14(2)7-9-15)20(25)19-16-12-21(3,4)11-10-18(16)26-22-19/h6-9,17,24H,5,10-13H2,1-4H3. The van der Waals surface area contributed by atoms with Crippen LogP contribution in [0.3, 0.4) is 0 Å². The molecule has 140 valence electrons. The fourth-order valence-corrected chi connectivity index (χ4v) is 3.52. The zero-order valence-corrected chi connectivity index (χ0v) is 16.1. The van der Waals surface area contributed by atoms with Crippen LogP contribution >= 0.6 is 0 Å². The van der Waals surface area contributed by atoms with E-state index in [4.69, 9.17) is 4.52 Å². The maximum atomic E-state index is 13.0. The molecule has 1 N–H and O–H groups in total. The monoisotopic (exact) mass is 356 g/mol. The summed E-state index contributed by atoms with van der Waals surface area (Å²) in [5.41, 5.74) is 3.44. The number of aromatic nitrogens is 1. The highest BCUT2D eigenvalue weighted by atomic mass is 16.5. The number of hydrogen-bond donors (Lipinski definition) is 1. The van der Waals surface area contributed by atoms with Crippen molar-refractivity contribution in [1.29, 1.82) is 0 Å². The zero-order chi connectivity index (χ0) is 18.9. The maximum absolute atomic E-state index is 13.0. The van der Waals surface area contributed by atoms with Crippen LogP contribution in [0, 0.1) is 12.3 Å². The highest BCUT2D eigenvalue weighted by Gasteiger charge is 2.34. The predicted molar refractivity (Wildman–Crippen MR) is 100 cm³/mol. The van der Waals surface area contributed by atoms with Gasteiger partial charge in [0.1, 0.15) is 5.76 Å². The van der Waals surface area contributed by atoms with Gasteiger partial charge in [-0.2, -0.15) is 0 Å². The molecule has 26 heavy (non-hydrogen) atoms. The van der Waals surface area contributed by atoms with E-state index in [1.807, 2.05) is 38.1 Å². The lowest BCUT2D eigenvalue weighted by Crippen LogP contribution is -2.36. The first-order chi connectivity index (χ1) is 12.3. The van der Waals surface area contributed by atoms with E-state index in [0.717, 1.165) is 41.7 Å². The summed E-state index contributed by atoms with van der Waals surface area (Å²) in [4.78, 5) is 14.7. The minimum atomic E-state index is -0.723. The zero-order valence-electron chi connectivity index (χ0n) is 16.1. The van der Waals surface area contributed by atoms with Crippen molar-refractivity contribution < 1.29 is 14.4 Å². The largest absolute Gasteiger partial charge is 0.387 e. The Morgan fingerprint density at radius 1 is 1.35 bits per heavy atom. The van der Waals surface area contributed by atoms with Gasteiger partial charge in [-0.25, -0.2) is 0 Å². The van der Waals surface area contributed by atoms with Gasteiger partial charge in [0.15, 0.2) is 5.69 Å². The molecule has 0 spiro atoms. The van der Waals surface area contributed by atoms with Crippen LogP contribution in [-0.2, 0) is 12.8 Å². The van der Waals surface area contributed by atoms with Crippen molar-refractivity contribution in [3.05, 3.63) is 52.4 Å². The summed E-state index contributed by atoms with van der Waals surface area (Å²) in [5.74, 6) is 0.671. The summed E-state index contributed by atoms with van der Waals surface area (Å²) < 4.78 is 5.44. The van der Waals surface area contributed by atoms with E-state index in [1.165, 1.54) is 0 Å². The van der Waals surface area contributed by atoms with Crippen LogP contribution in [0.15, 0.2) is 28.8 Å². The summed E-state index contributed by atoms with van der Waals surface area (Å²) in [6.07, 6.45) is 1.93. The van der Waals surface area contributed by atoms with Crippen LogP contribution in [0.5, 0.6) is 0 Å². The van der Waals surface area contributed by atoms with Gasteiger partial charge < -0.3 is 14.5 Å². The lowest BCUT2D eigenvalue weighted by Gasteiger charge is -2.29. The molecule has 0 aliphatic heterocycles. The van der Waals surface area contributed by atoms with Crippen LogP contribution in [-0.4, -0.2) is 34.2 Å². The minimum absolute atomic E-state index is 0.145. The second kappa shape index (κ2) is 7.23. The third-order valence-electron chi connectivity index (χ3n) is 5.28. The van der Waals surface area contributed by atoms with E-state index in [2.05, 4.69) is 19.0 Å². The molecule has 1 aliphatic rings. The highest BCUT2D eigenvalue weighted by molar-refractivity contribution is 5.94. The van der Waals surface area contributed by atoms with E-state index in [9.17, 15) is 9.90 Å². The summed E-state index contributed by atoms with van der Waals surface area (Å²) in [6.45, 7) is 9.07. The number of rotatable bonds is 5. The molecule has 1 aromatic heterocycles. The van der Waals surface area contributed by atoms with Gasteiger partial charge in [-0.3, -0.25) is 4.79 Å². The molecule has 5 nitrogen and oxygen atoms in total. The van der Waals surface area contributed by atoms with Crippen LogP contribution < -0.4 is 0 Å². The Labute approximate surface area is 155 Å². The SMILES string of the molecule is CCN(CC(O)c1ccc(C)cc1)C(=O)c1noc2c1CC(C)(C)CC2. The first-order valence-corrected chi connectivity index (χ1v) is 9.32. The minimum Gasteiger partial charge on any atom is -0.387 e. The molecular weight excluding hydrogens is 328 g/mol. The van der Waals surface area contributed by atoms with Crippen LogP contribution in [0.25, 0.3) is 0 Å². The van der Waals surface area contributed by atoms with Gasteiger partial charge in [0.25, 0.3) is 5.91 Å². The van der Waals surface area contributed by atoms with Gasteiger partial charge in [0, 0.05) is 18.5 Å².